The molecule has 0 amide bonds. The minimum Gasteiger partial charge on any atom is -0.329 e. The largest absolute Gasteiger partial charge is 0.329 e. The van der Waals surface area contributed by atoms with E-state index in [1.54, 1.807) is 12.1 Å². The highest BCUT2D eigenvalue weighted by molar-refractivity contribution is 9.10. The van der Waals surface area contributed by atoms with Crippen molar-refractivity contribution in [2.75, 3.05) is 6.54 Å². The molecule has 2 rings (SSSR count). The molecule has 3 N–H and O–H groups in total. The predicted molar refractivity (Wildman–Crippen MR) is 87.0 cm³/mol. The second kappa shape index (κ2) is 6.94. The van der Waals surface area contributed by atoms with Gasteiger partial charge in [-0.3, -0.25) is 0 Å². The lowest BCUT2D eigenvalue weighted by Crippen LogP contribution is -2.51. The molecule has 4 nitrogen and oxygen atoms in total. The van der Waals surface area contributed by atoms with Gasteiger partial charge in [0, 0.05) is 16.6 Å². The monoisotopic (exact) mass is 402 g/mol. The highest BCUT2D eigenvalue weighted by Gasteiger charge is 2.37. The van der Waals surface area contributed by atoms with Crippen LogP contribution in [0.25, 0.3) is 0 Å². The van der Waals surface area contributed by atoms with Crippen LogP contribution in [-0.4, -0.2) is 20.5 Å². The van der Waals surface area contributed by atoms with E-state index < -0.39 is 15.6 Å². The lowest BCUT2D eigenvalue weighted by atomic mass is 10.0. The summed E-state index contributed by atoms with van der Waals surface area (Å²) in [5, 5.41) is 0.209. The first-order valence-electron chi connectivity index (χ1n) is 6.08. The molecule has 1 fully saturated rings. The Kier molecular flexibility index (Phi) is 6.32. The van der Waals surface area contributed by atoms with Crippen molar-refractivity contribution in [3.63, 3.8) is 0 Å². The summed E-state index contributed by atoms with van der Waals surface area (Å²) in [4.78, 5) is 0.0864. The van der Waals surface area contributed by atoms with Crippen LogP contribution < -0.4 is 10.5 Å². The molecule has 1 aliphatic carbocycles. The molecule has 1 aliphatic rings. The molecule has 0 atom stereocenters. The maximum atomic E-state index is 12.5. The van der Waals surface area contributed by atoms with Crippen LogP contribution in [0.4, 0.5) is 0 Å². The summed E-state index contributed by atoms with van der Waals surface area (Å²) in [5.74, 6) is 0. The topological polar surface area (TPSA) is 72.2 Å². The summed E-state index contributed by atoms with van der Waals surface area (Å²) >= 11 is 9.24. The molecular weight excluding hydrogens is 387 g/mol. The van der Waals surface area contributed by atoms with E-state index in [2.05, 4.69) is 20.7 Å². The molecule has 8 heteroatoms. The van der Waals surface area contributed by atoms with E-state index in [0.717, 1.165) is 25.7 Å². The Morgan fingerprint density at radius 1 is 1.35 bits per heavy atom. The van der Waals surface area contributed by atoms with Crippen molar-refractivity contribution in [3.8, 4) is 0 Å². The lowest BCUT2D eigenvalue weighted by Gasteiger charge is -2.28. The van der Waals surface area contributed by atoms with Gasteiger partial charge in [0.25, 0.3) is 0 Å². The fourth-order valence-corrected chi connectivity index (χ4v) is 4.93. The van der Waals surface area contributed by atoms with Gasteiger partial charge in [0.15, 0.2) is 0 Å². The summed E-state index contributed by atoms with van der Waals surface area (Å²) < 4.78 is 28.3. The van der Waals surface area contributed by atoms with E-state index in [9.17, 15) is 8.42 Å². The molecule has 0 saturated heterocycles. The maximum Gasteiger partial charge on any atom is 0.242 e. The molecule has 1 aromatic rings. The van der Waals surface area contributed by atoms with E-state index in [0.29, 0.717) is 11.0 Å². The highest BCUT2D eigenvalue weighted by atomic mass is 79.9. The van der Waals surface area contributed by atoms with Crippen molar-refractivity contribution in [2.45, 2.75) is 36.1 Å². The van der Waals surface area contributed by atoms with Crippen molar-refractivity contribution in [2.24, 2.45) is 5.73 Å². The normalized spacial score (nSPS) is 17.8. The van der Waals surface area contributed by atoms with Crippen LogP contribution in [0.3, 0.4) is 0 Å². The molecule has 1 saturated carbocycles. The fraction of sp³-hybridized carbons (Fsp3) is 0.500. The summed E-state index contributed by atoms with van der Waals surface area (Å²) in [6.45, 7) is 0.303. The zero-order chi connectivity index (χ0) is 14.1. The van der Waals surface area contributed by atoms with Gasteiger partial charge in [0.05, 0.1) is 5.02 Å². The Bertz CT molecular complexity index is 575. The third-order valence-corrected chi connectivity index (χ3v) is 6.04. The van der Waals surface area contributed by atoms with Gasteiger partial charge in [-0.1, -0.05) is 40.4 Å². The second-order valence-electron chi connectivity index (χ2n) is 4.87. The average Bonchev–Trinajstić information content (AvgIpc) is 2.80. The zero-order valence-electron chi connectivity index (χ0n) is 10.7. The first-order valence-corrected chi connectivity index (χ1v) is 8.73. The van der Waals surface area contributed by atoms with Gasteiger partial charge in [-0.2, -0.15) is 0 Å². The molecule has 0 bridgehead atoms. The number of hydrogen-bond donors (Lipinski definition) is 2. The van der Waals surface area contributed by atoms with Crippen molar-refractivity contribution in [1.82, 2.24) is 4.72 Å². The minimum absolute atomic E-state index is 0. The Labute approximate surface area is 139 Å². The van der Waals surface area contributed by atoms with Gasteiger partial charge in [-0.15, -0.1) is 12.4 Å². The lowest BCUT2D eigenvalue weighted by molar-refractivity contribution is 0.399. The van der Waals surface area contributed by atoms with Crippen molar-refractivity contribution >= 4 is 50.0 Å². The van der Waals surface area contributed by atoms with Gasteiger partial charge >= 0.3 is 0 Å². The maximum absolute atomic E-state index is 12.5. The first kappa shape index (κ1) is 18.2. The third-order valence-electron chi connectivity index (χ3n) is 3.49. The number of nitrogens with two attached hydrogens (primary N) is 1. The number of nitrogens with one attached hydrogen (secondary N) is 1. The fourth-order valence-electron chi connectivity index (χ4n) is 2.42. The molecule has 0 aliphatic heterocycles. The molecule has 0 radical (unpaired) electrons. The Hall–Kier alpha value is 0.150. The second-order valence-corrected chi connectivity index (χ2v) is 7.85. The Morgan fingerprint density at radius 2 is 1.95 bits per heavy atom. The van der Waals surface area contributed by atoms with Crippen molar-refractivity contribution in [3.05, 3.63) is 27.7 Å². The first-order chi connectivity index (χ1) is 8.88. The standard InChI is InChI=1S/C12H16BrClN2O2S.ClH/c13-9-3-4-10(14)11(7-9)19(17,18)16-12(8-15)5-1-2-6-12;/h3-4,7,16H,1-2,5-6,8,15H2;1H. The minimum atomic E-state index is -3.66. The van der Waals surface area contributed by atoms with Crippen molar-refractivity contribution in [1.29, 1.82) is 0 Å². The quantitative estimate of drug-likeness (QED) is 0.811. The molecule has 0 unspecified atom stereocenters. The summed E-state index contributed by atoms with van der Waals surface area (Å²) in [7, 11) is -3.66. The van der Waals surface area contributed by atoms with Crippen LogP contribution in [-0.2, 0) is 10.0 Å². The Morgan fingerprint density at radius 3 is 2.50 bits per heavy atom. The number of rotatable bonds is 4. The molecule has 0 aromatic heterocycles. The van der Waals surface area contributed by atoms with Crippen LogP contribution in [0.5, 0.6) is 0 Å². The number of benzene rings is 1. The molecule has 114 valence electrons. The smallest absolute Gasteiger partial charge is 0.242 e. The van der Waals surface area contributed by atoms with Gasteiger partial charge in [-0.25, -0.2) is 13.1 Å². The van der Waals surface area contributed by atoms with Crippen molar-refractivity contribution < 1.29 is 8.42 Å². The highest BCUT2D eigenvalue weighted by Crippen LogP contribution is 2.32. The summed E-state index contributed by atoms with van der Waals surface area (Å²) in [6, 6.07) is 4.77. The molecule has 0 spiro atoms. The van der Waals surface area contributed by atoms with Gasteiger partial charge in [0.1, 0.15) is 4.90 Å². The van der Waals surface area contributed by atoms with Crippen LogP contribution in [0.15, 0.2) is 27.6 Å². The molecule has 0 heterocycles. The van der Waals surface area contributed by atoms with Crippen LogP contribution in [0, 0.1) is 0 Å². The van der Waals surface area contributed by atoms with Crippen LogP contribution in [0.2, 0.25) is 5.02 Å². The molecular formula is C12H17BrCl2N2O2S. The SMILES string of the molecule is Cl.NCC1(NS(=O)(=O)c2cc(Br)ccc2Cl)CCCC1. The van der Waals surface area contributed by atoms with E-state index >= 15 is 0 Å². The van der Waals surface area contributed by atoms with Gasteiger partial charge < -0.3 is 5.73 Å². The van der Waals surface area contributed by atoms with E-state index in [1.807, 2.05) is 0 Å². The molecule has 20 heavy (non-hydrogen) atoms. The zero-order valence-corrected chi connectivity index (χ0v) is 14.7. The number of halogens is 3. The summed E-state index contributed by atoms with van der Waals surface area (Å²) in [6.07, 6.45) is 3.53. The average molecular weight is 404 g/mol. The van der Waals surface area contributed by atoms with E-state index in [4.69, 9.17) is 17.3 Å². The predicted octanol–water partition coefficient (Wildman–Crippen LogP) is 3.07. The number of sulfonamides is 1. The van der Waals surface area contributed by atoms with E-state index in [-0.39, 0.29) is 22.3 Å². The number of hydrogen-bond acceptors (Lipinski definition) is 3. The Balaban J connectivity index is 0.00000200. The third kappa shape index (κ3) is 3.87. The molecule has 1 aromatic carbocycles. The summed E-state index contributed by atoms with van der Waals surface area (Å²) in [5.41, 5.74) is 5.23. The van der Waals surface area contributed by atoms with Gasteiger partial charge in [0.2, 0.25) is 10.0 Å². The van der Waals surface area contributed by atoms with Gasteiger partial charge in [-0.05, 0) is 31.0 Å². The van der Waals surface area contributed by atoms with Crippen LogP contribution >= 0.6 is 39.9 Å². The van der Waals surface area contributed by atoms with E-state index in [1.165, 1.54) is 6.07 Å². The van der Waals surface area contributed by atoms with Crippen LogP contribution in [0.1, 0.15) is 25.7 Å².